The first-order valence-corrected chi connectivity index (χ1v) is 3.69. The van der Waals surface area contributed by atoms with Gasteiger partial charge in [0.1, 0.15) is 0 Å². The third-order valence-corrected chi connectivity index (χ3v) is 1.83. The zero-order chi connectivity index (χ0) is 10.9. The molecule has 0 bridgehead atoms. The summed E-state index contributed by atoms with van der Waals surface area (Å²) >= 11 is 0. The summed E-state index contributed by atoms with van der Waals surface area (Å²) in [6.07, 6.45) is 0.132. The highest BCUT2D eigenvalue weighted by Crippen LogP contribution is 2.14. The third-order valence-electron chi connectivity index (χ3n) is 1.83. The summed E-state index contributed by atoms with van der Waals surface area (Å²) in [4.78, 5) is 21.8. The summed E-state index contributed by atoms with van der Waals surface area (Å²) in [7, 11) is 0. The van der Waals surface area contributed by atoms with E-state index in [1.807, 2.05) is 0 Å². The van der Waals surface area contributed by atoms with Crippen LogP contribution in [0, 0.1) is 5.92 Å². The summed E-state index contributed by atoms with van der Waals surface area (Å²) in [6, 6.07) is -0.889. The molecule has 76 valence electrons. The first-order valence-electron chi connectivity index (χ1n) is 4.69. The van der Waals surface area contributed by atoms with Gasteiger partial charge in [-0.15, -0.1) is 12.4 Å². The van der Waals surface area contributed by atoms with Crippen molar-refractivity contribution in [3.8, 4) is 0 Å². The normalized spacial score (nSPS) is 29.3. The SMILES string of the molecule is Cl.[2H]C1([2H])C[C@@H](C[C@H](N)C(N)=O)C(=O)N1. The molecule has 0 saturated carbocycles. The van der Waals surface area contributed by atoms with E-state index in [1.165, 1.54) is 0 Å². The molecule has 0 aliphatic carbocycles. The Hall–Kier alpha value is -0.810. The van der Waals surface area contributed by atoms with Gasteiger partial charge >= 0.3 is 0 Å². The van der Waals surface area contributed by atoms with E-state index in [4.69, 9.17) is 14.2 Å². The molecule has 0 spiro atoms. The molecule has 1 saturated heterocycles. The van der Waals surface area contributed by atoms with Crippen LogP contribution in [0.5, 0.6) is 0 Å². The molecule has 6 heteroatoms. The second-order valence-corrected chi connectivity index (χ2v) is 2.81. The first-order chi connectivity index (χ1) is 6.32. The molecular weight excluding hydrogens is 194 g/mol. The Morgan fingerprint density at radius 2 is 2.46 bits per heavy atom. The lowest BCUT2D eigenvalue weighted by molar-refractivity contribution is -0.123. The van der Waals surface area contributed by atoms with Crippen LogP contribution in [0.4, 0.5) is 0 Å². The largest absolute Gasteiger partial charge is 0.368 e. The maximum atomic E-state index is 11.2. The van der Waals surface area contributed by atoms with E-state index in [-0.39, 0.29) is 25.2 Å². The van der Waals surface area contributed by atoms with Crippen molar-refractivity contribution in [3.05, 3.63) is 0 Å². The molecule has 0 aromatic heterocycles. The number of carbonyl (C=O) groups is 2. The van der Waals surface area contributed by atoms with Crippen LogP contribution in [0.25, 0.3) is 0 Å². The fraction of sp³-hybridized carbons (Fsp3) is 0.714. The minimum absolute atomic E-state index is 0. The molecule has 0 aromatic rings. The van der Waals surface area contributed by atoms with Crippen molar-refractivity contribution in [3.63, 3.8) is 0 Å². The van der Waals surface area contributed by atoms with E-state index >= 15 is 0 Å². The van der Waals surface area contributed by atoms with Crippen LogP contribution in [0.3, 0.4) is 0 Å². The molecule has 13 heavy (non-hydrogen) atoms. The Morgan fingerprint density at radius 1 is 1.85 bits per heavy atom. The van der Waals surface area contributed by atoms with Crippen molar-refractivity contribution >= 4 is 24.2 Å². The predicted molar refractivity (Wildman–Crippen MR) is 50.2 cm³/mol. The van der Waals surface area contributed by atoms with E-state index in [0.717, 1.165) is 0 Å². The minimum Gasteiger partial charge on any atom is -0.368 e. The number of hydrogen-bond donors (Lipinski definition) is 3. The number of nitrogens with two attached hydrogens (primary N) is 2. The van der Waals surface area contributed by atoms with Crippen LogP contribution >= 0.6 is 12.4 Å². The Kier molecular flexibility index (Phi) is 3.40. The van der Waals surface area contributed by atoms with Gasteiger partial charge in [0.25, 0.3) is 0 Å². The van der Waals surface area contributed by atoms with Crippen molar-refractivity contribution in [2.24, 2.45) is 17.4 Å². The zero-order valence-corrected chi connectivity index (χ0v) is 7.76. The molecular formula is C7H14ClN3O2. The molecule has 0 radical (unpaired) electrons. The molecule has 1 aliphatic rings. The van der Waals surface area contributed by atoms with Gasteiger partial charge in [0, 0.05) is 15.2 Å². The molecule has 1 fully saturated rings. The lowest BCUT2D eigenvalue weighted by atomic mass is 9.99. The predicted octanol–water partition coefficient (Wildman–Crippen LogP) is -1.25. The van der Waals surface area contributed by atoms with Gasteiger partial charge in [0.2, 0.25) is 11.8 Å². The smallest absolute Gasteiger partial charge is 0.234 e. The van der Waals surface area contributed by atoms with Crippen LogP contribution in [0.1, 0.15) is 15.6 Å². The van der Waals surface area contributed by atoms with E-state index in [1.54, 1.807) is 0 Å². The van der Waals surface area contributed by atoms with Gasteiger partial charge in [0.05, 0.1) is 6.04 Å². The van der Waals surface area contributed by atoms with Crippen LogP contribution < -0.4 is 16.8 Å². The Morgan fingerprint density at radius 3 is 2.85 bits per heavy atom. The van der Waals surface area contributed by atoms with Gasteiger partial charge in [-0.05, 0) is 12.8 Å². The van der Waals surface area contributed by atoms with Gasteiger partial charge in [-0.3, -0.25) is 9.59 Å². The number of halogens is 1. The molecule has 2 amide bonds. The highest BCUT2D eigenvalue weighted by Gasteiger charge is 2.27. The number of carbonyl (C=O) groups excluding carboxylic acids is 2. The maximum absolute atomic E-state index is 11.2. The summed E-state index contributed by atoms with van der Waals surface area (Å²) in [5.74, 6) is -1.65. The number of hydrogen-bond acceptors (Lipinski definition) is 3. The van der Waals surface area contributed by atoms with Crippen LogP contribution in [-0.2, 0) is 9.59 Å². The minimum atomic E-state index is -1.70. The molecule has 1 aliphatic heterocycles. The van der Waals surface area contributed by atoms with Crippen LogP contribution in [0.2, 0.25) is 0 Å². The van der Waals surface area contributed by atoms with Crippen molar-refractivity contribution in [2.45, 2.75) is 18.9 Å². The summed E-state index contributed by atoms with van der Waals surface area (Å²) < 4.78 is 14.6. The van der Waals surface area contributed by atoms with Gasteiger partial charge < -0.3 is 16.8 Å². The zero-order valence-electron chi connectivity index (χ0n) is 8.95. The van der Waals surface area contributed by atoms with Gasteiger partial charge in [0.15, 0.2) is 0 Å². The van der Waals surface area contributed by atoms with E-state index in [2.05, 4.69) is 5.32 Å². The molecule has 2 atom stereocenters. The standard InChI is InChI=1S/C7H13N3O2.ClH/c8-5(6(9)11)3-4-1-2-10-7(4)12;/h4-5H,1-3,8H2,(H2,9,11)(H,10,12);1H/t4-,5-;/m0./s1/i2D2;. The fourth-order valence-corrected chi connectivity index (χ4v) is 1.07. The second-order valence-electron chi connectivity index (χ2n) is 2.81. The third kappa shape index (κ3) is 3.20. The highest BCUT2D eigenvalue weighted by atomic mass is 35.5. The van der Waals surface area contributed by atoms with E-state index in [9.17, 15) is 9.59 Å². The lowest BCUT2D eigenvalue weighted by Crippen LogP contribution is -2.39. The van der Waals surface area contributed by atoms with Crippen LogP contribution in [-0.4, -0.2) is 24.4 Å². The Balaban J connectivity index is 0.00000196. The Labute approximate surface area is 85.4 Å². The summed E-state index contributed by atoms with van der Waals surface area (Å²) in [5, 5.41) is 2.17. The van der Waals surface area contributed by atoms with Gasteiger partial charge in [-0.2, -0.15) is 0 Å². The molecule has 1 heterocycles. The van der Waals surface area contributed by atoms with Gasteiger partial charge in [-0.25, -0.2) is 0 Å². The number of nitrogens with one attached hydrogen (secondary N) is 1. The van der Waals surface area contributed by atoms with E-state index < -0.39 is 30.3 Å². The van der Waals surface area contributed by atoms with Crippen molar-refractivity contribution in [1.29, 1.82) is 0 Å². The lowest BCUT2D eigenvalue weighted by Gasteiger charge is -2.10. The molecule has 1 rings (SSSR count). The number of rotatable bonds is 3. The highest BCUT2D eigenvalue weighted by molar-refractivity contribution is 5.85. The van der Waals surface area contributed by atoms with Crippen molar-refractivity contribution in [1.82, 2.24) is 5.32 Å². The van der Waals surface area contributed by atoms with E-state index in [0.29, 0.717) is 0 Å². The van der Waals surface area contributed by atoms with Gasteiger partial charge in [-0.1, -0.05) is 0 Å². The fourth-order valence-electron chi connectivity index (χ4n) is 1.07. The average Bonchev–Trinajstić information content (AvgIpc) is 2.24. The van der Waals surface area contributed by atoms with Crippen LogP contribution in [0.15, 0.2) is 0 Å². The molecule has 5 N–H and O–H groups in total. The molecule has 0 aromatic carbocycles. The number of amides is 2. The molecule has 0 unspecified atom stereocenters. The quantitative estimate of drug-likeness (QED) is 0.542. The van der Waals surface area contributed by atoms with Crippen molar-refractivity contribution in [2.75, 3.05) is 6.50 Å². The molecule has 5 nitrogen and oxygen atoms in total. The summed E-state index contributed by atoms with van der Waals surface area (Å²) in [5.41, 5.74) is 10.3. The average molecular weight is 210 g/mol. The summed E-state index contributed by atoms with van der Waals surface area (Å²) in [6.45, 7) is -1.70. The Bertz CT molecular complexity index is 275. The number of primary amides is 1. The second kappa shape index (κ2) is 5.04. The first kappa shape index (κ1) is 8.77. The van der Waals surface area contributed by atoms with Crippen molar-refractivity contribution < 1.29 is 12.3 Å². The monoisotopic (exact) mass is 209 g/mol. The topological polar surface area (TPSA) is 98.2 Å². The maximum Gasteiger partial charge on any atom is 0.234 e.